The van der Waals surface area contributed by atoms with E-state index in [1.165, 1.54) is 18.3 Å². The molecule has 0 amide bonds. The van der Waals surface area contributed by atoms with Crippen LogP contribution in [-0.4, -0.2) is 22.4 Å². The Morgan fingerprint density at radius 1 is 1.20 bits per heavy atom. The van der Waals surface area contributed by atoms with Crippen LogP contribution in [0.15, 0.2) is 52.0 Å². The number of nitrogens with zero attached hydrogens (tertiary/aromatic N) is 1. The number of anilines is 1. The molecular formula is C14H11BrN2O3. The fraction of sp³-hybridized carbons (Fsp3) is 0. The van der Waals surface area contributed by atoms with Crippen molar-refractivity contribution in [3.8, 4) is 5.75 Å². The Hall–Kier alpha value is -2.34. The zero-order valence-corrected chi connectivity index (χ0v) is 11.8. The highest BCUT2D eigenvalue weighted by molar-refractivity contribution is 9.10. The van der Waals surface area contributed by atoms with Gasteiger partial charge in [-0.15, -0.1) is 0 Å². The smallest absolute Gasteiger partial charge is 0.335 e. The molecule has 0 atom stereocenters. The zero-order chi connectivity index (χ0) is 14.5. The number of benzene rings is 2. The fourth-order valence-electron chi connectivity index (χ4n) is 1.49. The molecule has 20 heavy (non-hydrogen) atoms. The highest BCUT2D eigenvalue weighted by Crippen LogP contribution is 2.20. The molecular weight excluding hydrogens is 324 g/mol. The average molecular weight is 335 g/mol. The van der Waals surface area contributed by atoms with Crippen LogP contribution in [0.1, 0.15) is 15.9 Å². The van der Waals surface area contributed by atoms with E-state index in [4.69, 9.17) is 5.11 Å². The first-order valence-electron chi connectivity index (χ1n) is 5.67. The quantitative estimate of drug-likeness (QED) is 0.591. The number of carbonyl (C=O) groups is 1. The number of nitrogens with one attached hydrogen (secondary N) is 1. The molecule has 102 valence electrons. The van der Waals surface area contributed by atoms with E-state index in [0.29, 0.717) is 11.3 Å². The summed E-state index contributed by atoms with van der Waals surface area (Å²) in [6.07, 6.45) is 1.48. The Labute approximate surface area is 123 Å². The molecule has 0 aliphatic carbocycles. The van der Waals surface area contributed by atoms with Crippen LogP contribution in [0.2, 0.25) is 0 Å². The highest BCUT2D eigenvalue weighted by Gasteiger charge is 2.01. The zero-order valence-electron chi connectivity index (χ0n) is 10.2. The van der Waals surface area contributed by atoms with Gasteiger partial charge in [0.05, 0.1) is 17.5 Å². The number of halogens is 1. The minimum Gasteiger partial charge on any atom is -0.507 e. The molecule has 0 saturated carbocycles. The largest absolute Gasteiger partial charge is 0.507 e. The van der Waals surface area contributed by atoms with Gasteiger partial charge in [-0.3, -0.25) is 5.43 Å². The first kappa shape index (κ1) is 14.1. The van der Waals surface area contributed by atoms with Crippen LogP contribution in [0.4, 0.5) is 5.69 Å². The molecule has 0 radical (unpaired) electrons. The van der Waals surface area contributed by atoms with Crippen LogP contribution < -0.4 is 5.43 Å². The van der Waals surface area contributed by atoms with Gasteiger partial charge in [0.2, 0.25) is 0 Å². The van der Waals surface area contributed by atoms with Crippen LogP contribution in [0.3, 0.4) is 0 Å². The molecule has 0 bridgehead atoms. The van der Waals surface area contributed by atoms with Gasteiger partial charge in [-0.25, -0.2) is 4.79 Å². The highest BCUT2D eigenvalue weighted by atomic mass is 79.9. The number of rotatable bonds is 4. The van der Waals surface area contributed by atoms with Crippen LogP contribution in [0.5, 0.6) is 5.75 Å². The lowest BCUT2D eigenvalue weighted by molar-refractivity contribution is 0.0697. The van der Waals surface area contributed by atoms with Gasteiger partial charge in [-0.1, -0.05) is 15.9 Å². The molecule has 2 rings (SSSR count). The summed E-state index contributed by atoms with van der Waals surface area (Å²) < 4.78 is 0.836. The Kier molecular flexibility index (Phi) is 4.37. The predicted molar refractivity (Wildman–Crippen MR) is 80.4 cm³/mol. The number of hydrazone groups is 1. The number of phenols is 1. The molecule has 2 aromatic carbocycles. The molecule has 0 heterocycles. The van der Waals surface area contributed by atoms with Gasteiger partial charge in [0, 0.05) is 10.0 Å². The summed E-state index contributed by atoms with van der Waals surface area (Å²) in [4.78, 5) is 10.7. The van der Waals surface area contributed by atoms with Crippen LogP contribution in [0, 0.1) is 0 Å². The third-order valence-electron chi connectivity index (χ3n) is 2.52. The summed E-state index contributed by atoms with van der Waals surface area (Å²) >= 11 is 3.31. The summed E-state index contributed by atoms with van der Waals surface area (Å²) in [6, 6.07) is 11.2. The molecule has 0 saturated heterocycles. The van der Waals surface area contributed by atoms with Crippen LogP contribution in [-0.2, 0) is 0 Å². The number of hydrogen-bond donors (Lipinski definition) is 3. The van der Waals surface area contributed by atoms with Gasteiger partial charge in [0.15, 0.2) is 0 Å². The van der Waals surface area contributed by atoms with E-state index in [0.717, 1.165) is 4.47 Å². The molecule has 0 aliphatic rings. The van der Waals surface area contributed by atoms with Gasteiger partial charge in [-0.05, 0) is 42.5 Å². The van der Waals surface area contributed by atoms with Crippen molar-refractivity contribution in [1.82, 2.24) is 0 Å². The van der Waals surface area contributed by atoms with Crippen molar-refractivity contribution < 1.29 is 15.0 Å². The Morgan fingerprint density at radius 2 is 1.90 bits per heavy atom. The second-order valence-electron chi connectivity index (χ2n) is 3.96. The van der Waals surface area contributed by atoms with Crippen molar-refractivity contribution in [2.24, 2.45) is 5.10 Å². The predicted octanol–water partition coefficient (Wildman–Crippen LogP) is 3.30. The minimum atomic E-state index is -0.973. The summed E-state index contributed by atoms with van der Waals surface area (Å²) in [7, 11) is 0. The maximum Gasteiger partial charge on any atom is 0.335 e. The molecule has 0 aliphatic heterocycles. The average Bonchev–Trinajstić information content (AvgIpc) is 2.43. The normalized spacial score (nSPS) is 10.7. The van der Waals surface area contributed by atoms with Crippen molar-refractivity contribution in [2.75, 3.05) is 5.43 Å². The number of carboxylic acid groups (broad SMARTS) is 1. The van der Waals surface area contributed by atoms with Crippen molar-refractivity contribution >= 4 is 33.8 Å². The van der Waals surface area contributed by atoms with E-state index in [2.05, 4.69) is 26.5 Å². The van der Waals surface area contributed by atoms with Crippen molar-refractivity contribution in [3.63, 3.8) is 0 Å². The molecule has 6 heteroatoms. The maximum absolute atomic E-state index is 10.7. The summed E-state index contributed by atoms with van der Waals surface area (Å²) in [6.45, 7) is 0. The molecule has 0 aromatic heterocycles. The van der Waals surface area contributed by atoms with Crippen molar-refractivity contribution in [3.05, 3.63) is 58.1 Å². The standard InChI is InChI=1S/C14H11BrN2O3/c15-11-3-6-13(18)10(7-11)8-16-17-12-4-1-9(2-5-12)14(19)20/h1-8,17-18H,(H,19,20)/b16-8+. The Bertz CT molecular complexity index is 654. The van der Waals surface area contributed by atoms with E-state index in [1.807, 2.05) is 0 Å². The number of phenolic OH excluding ortho intramolecular Hbond substituents is 1. The SMILES string of the molecule is O=C(O)c1ccc(N/N=C/c2cc(Br)ccc2O)cc1. The minimum absolute atomic E-state index is 0.125. The third-order valence-corrected chi connectivity index (χ3v) is 3.01. The van der Waals surface area contributed by atoms with Gasteiger partial charge in [0.1, 0.15) is 5.75 Å². The molecule has 0 fully saturated rings. The first-order chi connectivity index (χ1) is 9.56. The number of carboxylic acids is 1. The van der Waals surface area contributed by atoms with E-state index < -0.39 is 5.97 Å². The Balaban J connectivity index is 2.06. The number of aromatic carboxylic acids is 1. The molecule has 5 nitrogen and oxygen atoms in total. The van der Waals surface area contributed by atoms with Gasteiger partial charge >= 0.3 is 5.97 Å². The van der Waals surface area contributed by atoms with E-state index in [9.17, 15) is 9.90 Å². The third kappa shape index (κ3) is 3.58. The second kappa shape index (κ2) is 6.21. The summed E-state index contributed by atoms with van der Waals surface area (Å²) in [5.74, 6) is -0.848. The van der Waals surface area contributed by atoms with Gasteiger partial charge in [-0.2, -0.15) is 5.10 Å². The first-order valence-corrected chi connectivity index (χ1v) is 6.46. The second-order valence-corrected chi connectivity index (χ2v) is 4.87. The fourth-order valence-corrected chi connectivity index (χ4v) is 1.87. The van der Waals surface area contributed by atoms with Crippen LogP contribution >= 0.6 is 15.9 Å². The van der Waals surface area contributed by atoms with E-state index in [-0.39, 0.29) is 11.3 Å². The van der Waals surface area contributed by atoms with Crippen molar-refractivity contribution in [2.45, 2.75) is 0 Å². The van der Waals surface area contributed by atoms with Gasteiger partial charge in [0.25, 0.3) is 0 Å². The molecule has 0 unspecified atom stereocenters. The lowest BCUT2D eigenvalue weighted by Crippen LogP contribution is -1.96. The number of aromatic hydroxyl groups is 1. The molecule has 3 N–H and O–H groups in total. The van der Waals surface area contributed by atoms with E-state index >= 15 is 0 Å². The van der Waals surface area contributed by atoms with Gasteiger partial charge < -0.3 is 10.2 Å². The lowest BCUT2D eigenvalue weighted by atomic mass is 10.2. The topological polar surface area (TPSA) is 81.9 Å². The maximum atomic E-state index is 10.7. The monoisotopic (exact) mass is 334 g/mol. The molecule has 2 aromatic rings. The molecule has 0 spiro atoms. The lowest BCUT2D eigenvalue weighted by Gasteiger charge is -2.02. The van der Waals surface area contributed by atoms with Crippen LogP contribution in [0.25, 0.3) is 0 Å². The number of hydrogen-bond acceptors (Lipinski definition) is 4. The van der Waals surface area contributed by atoms with Crippen molar-refractivity contribution in [1.29, 1.82) is 0 Å². The Morgan fingerprint density at radius 3 is 2.55 bits per heavy atom. The summed E-state index contributed by atoms with van der Waals surface area (Å²) in [5, 5.41) is 22.4. The summed E-state index contributed by atoms with van der Waals surface area (Å²) in [5.41, 5.74) is 4.19. The van der Waals surface area contributed by atoms with E-state index in [1.54, 1.807) is 30.3 Å².